The third kappa shape index (κ3) is 2.96. The molecule has 0 spiro atoms. The van der Waals surface area contributed by atoms with Gasteiger partial charge in [0.05, 0.1) is 0 Å². The molecule has 0 aliphatic rings. The molecule has 0 aliphatic heterocycles. The summed E-state index contributed by atoms with van der Waals surface area (Å²) in [7, 11) is 0. The Labute approximate surface area is 119 Å². The third-order valence-electron chi connectivity index (χ3n) is 2.75. The second-order valence-corrected chi connectivity index (χ2v) is 5.25. The van der Waals surface area contributed by atoms with E-state index in [1.807, 2.05) is 25.1 Å². The van der Waals surface area contributed by atoms with E-state index >= 15 is 0 Å². The average molecular weight is 354 g/mol. The fourth-order valence-corrected chi connectivity index (χ4v) is 2.45. The second kappa shape index (κ2) is 5.61. The van der Waals surface area contributed by atoms with Gasteiger partial charge in [0.2, 0.25) is 0 Å². The Kier molecular flexibility index (Phi) is 4.11. The highest BCUT2D eigenvalue weighted by molar-refractivity contribution is 14.1. The molecule has 0 amide bonds. The lowest BCUT2D eigenvalue weighted by molar-refractivity contribution is 0.0992. The summed E-state index contributed by atoms with van der Waals surface area (Å²) in [5, 5.41) is 0. The van der Waals surface area contributed by atoms with Crippen LogP contribution in [-0.4, -0.2) is 5.78 Å². The number of hydrogen-bond acceptors (Lipinski definition) is 1. The summed E-state index contributed by atoms with van der Waals surface area (Å²) in [6, 6.07) is 11.8. The minimum atomic E-state index is -0.306. The topological polar surface area (TPSA) is 17.1 Å². The quantitative estimate of drug-likeness (QED) is 0.598. The lowest BCUT2D eigenvalue weighted by Crippen LogP contribution is -2.06. The average Bonchev–Trinajstić information content (AvgIpc) is 2.32. The zero-order valence-corrected chi connectivity index (χ0v) is 12.1. The molecule has 2 aromatic rings. The molecule has 0 unspecified atom stereocenters. The van der Waals surface area contributed by atoms with E-state index in [4.69, 9.17) is 0 Å². The highest BCUT2D eigenvalue weighted by atomic mass is 127. The summed E-state index contributed by atoms with van der Waals surface area (Å²) >= 11 is 2.17. The lowest BCUT2D eigenvalue weighted by Gasteiger charge is -2.06. The summed E-state index contributed by atoms with van der Waals surface area (Å²) in [6.07, 6.45) is 0.233. The van der Waals surface area contributed by atoms with Gasteiger partial charge in [0, 0.05) is 15.6 Å². The first-order chi connectivity index (χ1) is 8.58. The maximum Gasteiger partial charge on any atom is 0.168 e. The summed E-state index contributed by atoms with van der Waals surface area (Å²) < 4.78 is 14.0. The van der Waals surface area contributed by atoms with Gasteiger partial charge in [-0.15, -0.1) is 0 Å². The summed E-state index contributed by atoms with van der Waals surface area (Å²) in [5.41, 5.74) is 2.50. The molecule has 0 heterocycles. The van der Waals surface area contributed by atoms with Crippen LogP contribution in [0.2, 0.25) is 0 Å². The molecular weight excluding hydrogens is 342 g/mol. The van der Waals surface area contributed by atoms with Crippen LogP contribution in [0, 0.1) is 16.3 Å². The van der Waals surface area contributed by atoms with Crippen molar-refractivity contribution in [1.29, 1.82) is 0 Å². The van der Waals surface area contributed by atoms with E-state index < -0.39 is 0 Å². The zero-order chi connectivity index (χ0) is 13.1. The van der Waals surface area contributed by atoms with E-state index in [0.29, 0.717) is 11.1 Å². The van der Waals surface area contributed by atoms with Crippen molar-refractivity contribution in [3.8, 4) is 0 Å². The van der Waals surface area contributed by atoms with Crippen molar-refractivity contribution in [2.75, 3.05) is 0 Å². The number of carbonyl (C=O) groups is 1. The van der Waals surface area contributed by atoms with Crippen molar-refractivity contribution >= 4 is 28.4 Å². The molecule has 92 valence electrons. The van der Waals surface area contributed by atoms with Crippen molar-refractivity contribution in [2.45, 2.75) is 13.3 Å². The van der Waals surface area contributed by atoms with Gasteiger partial charge in [0.25, 0.3) is 0 Å². The van der Waals surface area contributed by atoms with Gasteiger partial charge >= 0.3 is 0 Å². The van der Waals surface area contributed by atoms with Crippen molar-refractivity contribution in [3.63, 3.8) is 0 Å². The third-order valence-corrected chi connectivity index (χ3v) is 4.18. The smallest absolute Gasteiger partial charge is 0.168 e. The Hall–Kier alpha value is -1.23. The van der Waals surface area contributed by atoms with Gasteiger partial charge in [-0.05, 0) is 52.8 Å². The molecule has 2 aromatic carbocycles. The molecule has 0 radical (unpaired) electrons. The van der Waals surface area contributed by atoms with E-state index in [1.54, 1.807) is 12.1 Å². The number of benzene rings is 2. The van der Waals surface area contributed by atoms with Gasteiger partial charge < -0.3 is 0 Å². The highest BCUT2D eigenvalue weighted by Crippen LogP contribution is 2.19. The molecule has 0 N–H and O–H groups in total. The van der Waals surface area contributed by atoms with Crippen molar-refractivity contribution in [3.05, 3.63) is 68.5 Å². The molecule has 18 heavy (non-hydrogen) atoms. The maximum absolute atomic E-state index is 13.1. The molecule has 2 rings (SSSR count). The van der Waals surface area contributed by atoms with Gasteiger partial charge in [-0.1, -0.05) is 30.3 Å². The molecule has 0 atom stereocenters. The first-order valence-corrected chi connectivity index (χ1v) is 6.68. The molecule has 0 bridgehead atoms. The van der Waals surface area contributed by atoms with Gasteiger partial charge in [-0.3, -0.25) is 4.79 Å². The number of carbonyl (C=O) groups excluding carboxylic acids is 1. The van der Waals surface area contributed by atoms with Crippen LogP contribution in [0.15, 0.2) is 42.5 Å². The van der Waals surface area contributed by atoms with Crippen LogP contribution in [0.25, 0.3) is 0 Å². The zero-order valence-electron chi connectivity index (χ0n) is 9.91. The molecule has 0 aromatic heterocycles. The predicted octanol–water partition coefficient (Wildman–Crippen LogP) is 4.16. The molecule has 0 saturated heterocycles. The SMILES string of the molecule is Cc1cccc(C(=O)Cc2cccc(F)c2)c1I. The monoisotopic (exact) mass is 354 g/mol. The maximum atomic E-state index is 13.1. The Balaban J connectivity index is 2.25. The van der Waals surface area contributed by atoms with E-state index in [0.717, 1.165) is 9.13 Å². The van der Waals surface area contributed by atoms with Crippen LogP contribution < -0.4 is 0 Å². The molecule has 0 fully saturated rings. The number of hydrogen-bond donors (Lipinski definition) is 0. The van der Waals surface area contributed by atoms with Crippen LogP contribution >= 0.6 is 22.6 Å². The fraction of sp³-hybridized carbons (Fsp3) is 0.133. The van der Waals surface area contributed by atoms with Crippen LogP contribution in [0.3, 0.4) is 0 Å². The molecule has 1 nitrogen and oxygen atoms in total. The van der Waals surface area contributed by atoms with Gasteiger partial charge in [-0.25, -0.2) is 4.39 Å². The fourth-order valence-electron chi connectivity index (χ4n) is 1.79. The van der Waals surface area contributed by atoms with Gasteiger partial charge in [0.15, 0.2) is 5.78 Å². The van der Waals surface area contributed by atoms with Crippen molar-refractivity contribution in [2.24, 2.45) is 0 Å². The first-order valence-electron chi connectivity index (χ1n) is 5.60. The first kappa shape index (κ1) is 13.2. The summed E-state index contributed by atoms with van der Waals surface area (Å²) in [6.45, 7) is 1.97. The molecular formula is C15H12FIO. The van der Waals surface area contributed by atoms with Crippen molar-refractivity contribution < 1.29 is 9.18 Å². The van der Waals surface area contributed by atoms with Crippen LogP contribution in [-0.2, 0) is 6.42 Å². The van der Waals surface area contributed by atoms with Gasteiger partial charge in [0.1, 0.15) is 5.82 Å². The number of ketones is 1. The highest BCUT2D eigenvalue weighted by Gasteiger charge is 2.12. The lowest BCUT2D eigenvalue weighted by atomic mass is 10.0. The summed E-state index contributed by atoms with van der Waals surface area (Å²) in [5.74, 6) is -0.284. The Morgan fingerprint density at radius 1 is 1.22 bits per heavy atom. The largest absolute Gasteiger partial charge is 0.294 e. The van der Waals surface area contributed by atoms with E-state index in [2.05, 4.69) is 22.6 Å². The number of rotatable bonds is 3. The van der Waals surface area contributed by atoms with Crippen LogP contribution in [0.4, 0.5) is 4.39 Å². The molecule has 3 heteroatoms. The predicted molar refractivity (Wildman–Crippen MR) is 78.3 cm³/mol. The Bertz CT molecular complexity index is 593. The Morgan fingerprint density at radius 3 is 2.67 bits per heavy atom. The van der Waals surface area contributed by atoms with Crippen molar-refractivity contribution in [1.82, 2.24) is 0 Å². The normalized spacial score (nSPS) is 10.4. The minimum Gasteiger partial charge on any atom is -0.294 e. The second-order valence-electron chi connectivity index (χ2n) is 4.17. The number of Topliss-reactive ketones (excluding diaryl/α,β-unsaturated/α-hetero) is 1. The van der Waals surface area contributed by atoms with Crippen LogP contribution in [0.1, 0.15) is 21.5 Å². The van der Waals surface area contributed by atoms with Crippen LogP contribution in [0.5, 0.6) is 0 Å². The van der Waals surface area contributed by atoms with E-state index in [9.17, 15) is 9.18 Å². The Morgan fingerprint density at radius 2 is 1.94 bits per heavy atom. The van der Waals surface area contributed by atoms with Gasteiger partial charge in [-0.2, -0.15) is 0 Å². The van der Waals surface area contributed by atoms with E-state index in [1.165, 1.54) is 12.1 Å². The van der Waals surface area contributed by atoms with E-state index in [-0.39, 0.29) is 18.0 Å². The number of halogens is 2. The standard InChI is InChI=1S/C15H12FIO/c1-10-4-2-7-13(15(10)17)14(18)9-11-5-3-6-12(16)8-11/h2-8H,9H2,1H3. The molecule has 0 aliphatic carbocycles. The minimum absolute atomic E-state index is 0.0219. The molecule has 0 saturated carbocycles. The number of aryl methyl sites for hydroxylation is 1. The summed E-state index contributed by atoms with van der Waals surface area (Å²) in [4.78, 5) is 12.2.